The Morgan fingerprint density at radius 3 is 2.86 bits per heavy atom. The van der Waals surface area contributed by atoms with Crippen LogP contribution < -0.4 is 5.32 Å². The lowest BCUT2D eigenvalue weighted by Gasteiger charge is -2.30. The second kappa shape index (κ2) is 7.24. The highest BCUT2D eigenvalue weighted by Crippen LogP contribution is 2.41. The number of hydrogen-bond acceptors (Lipinski definition) is 3. The Hall–Kier alpha value is -0.710. The minimum atomic E-state index is 0. The lowest BCUT2D eigenvalue weighted by Crippen LogP contribution is -2.44. The van der Waals surface area contributed by atoms with Crippen LogP contribution in [0.5, 0.6) is 0 Å². The summed E-state index contributed by atoms with van der Waals surface area (Å²) in [6.45, 7) is 9.22. The average molecular weight is 341 g/mol. The van der Waals surface area contributed by atoms with E-state index in [1.165, 1.54) is 16.0 Å². The maximum absolute atomic E-state index is 12.8. The molecule has 0 saturated carbocycles. The van der Waals surface area contributed by atoms with Gasteiger partial charge in [0.1, 0.15) is 0 Å². The highest BCUT2D eigenvalue weighted by molar-refractivity contribution is 8.00. The lowest BCUT2D eigenvalue weighted by atomic mass is 9.98. The van der Waals surface area contributed by atoms with Gasteiger partial charge in [-0.25, -0.2) is 0 Å². The Kier molecular flexibility index (Phi) is 5.81. The fourth-order valence-electron chi connectivity index (χ4n) is 3.34. The highest BCUT2D eigenvalue weighted by Gasteiger charge is 2.39. The Labute approximate surface area is 143 Å². The van der Waals surface area contributed by atoms with Gasteiger partial charge >= 0.3 is 0 Å². The van der Waals surface area contributed by atoms with Crippen molar-refractivity contribution >= 4 is 30.1 Å². The van der Waals surface area contributed by atoms with E-state index in [-0.39, 0.29) is 24.4 Å². The molecular weight excluding hydrogens is 316 g/mol. The van der Waals surface area contributed by atoms with Crippen molar-refractivity contribution in [1.29, 1.82) is 0 Å². The van der Waals surface area contributed by atoms with E-state index in [2.05, 4.69) is 43.1 Å². The van der Waals surface area contributed by atoms with Gasteiger partial charge in [0, 0.05) is 29.8 Å². The first-order chi connectivity index (χ1) is 10.1. The van der Waals surface area contributed by atoms with Gasteiger partial charge in [-0.05, 0) is 23.6 Å². The number of fused-ring (bicyclic) bond motifs is 3. The first-order valence-corrected chi connectivity index (χ1v) is 8.85. The van der Waals surface area contributed by atoms with Gasteiger partial charge in [-0.2, -0.15) is 0 Å². The van der Waals surface area contributed by atoms with Gasteiger partial charge in [0.15, 0.2) is 0 Å². The topological polar surface area (TPSA) is 32.3 Å². The van der Waals surface area contributed by atoms with Gasteiger partial charge in [0.25, 0.3) is 5.91 Å². The van der Waals surface area contributed by atoms with Crippen LogP contribution in [0.1, 0.15) is 54.7 Å². The van der Waals surface area contributed by atoms with E-state index in [1.54, 1.807) is 0 Å². The Morgan fingerprint density at radius 1 is 1.41 bits per heavy atom. The Morgan fingerprint density at radius 2 is 2.18 bits per heavy atom. The van der Waals surface area contributed by atoms with Crippen LogP contribution in [0.4, 0.5) is 0 Å². The molecule has 5 heteroatoms. The number of piperazine rings is 1. The zero-order valence-corrected chi connectivity index (χ0v) is 15.1. The molecule has 1 aromatic rings. The number of nitrogens with zero attached hydrogens (tertiary/aromatic N) is 1. The third-order valence-electron chi connectivity index (χ3n) is 4.17. The van der Waals surface area contributed by atoms with Crippen molar-refractivity contribution in [3.05, 3.63) is 28.8 Å². The molecule has 122 valence electrons. The van der Waals surface area contributed by atoms with E-state index in [4.69, 9.17) is 0 Å². The summed E-state index contributed by atoms with van der Waals surface area (Å²) in [7, 11) is 0. The third-order valence-corrected chi connectivity index (χ3v) is 5.22. The van der Waals surface area contributed by atoms with Crippen molar-refractivity contribution in [1.82, 2.24) is 10.2 Å². The molecule has 1 aromatic carbocycles. The Bertz CT molecular complexity index is 562. The molecule has 0 spiro atoms. The molecule has 3 nitrogen and oxygen atoms in total. The van der Waals surface area contributed by atoms with Gasteiger partial charge in [0.2, 0.25) is 0 Å². The van der Waals surface area contributed by atoms with E-state index in [1.807, 2.05) is 11.8 Å². The number of nitrogens with one attached hydrogen (secondary N) is 1. The summed E-state index contributed by atoms with van der Waals surface area (Å²) in [4.78, 5) is 16.0. The second-order valence-corrected chi connectivity index (χ2v) is 7.81. The maximum Gasteiger partial charge on any atom is 0.255 e. The van der Waals surface area contributed by atoms with Crippen LogP contribution in [0.25, 0.3) is 0 Å². The number of rotatable bonds is 4. The van der Waals surface area contributed by atoms with Gasteiger partial charge < -0.3 is 10.2 Å². The highest BCUT2D eigenvalue weighted by atomic mass is 35.5. The number of carbonyl (C=O) groups excluding carboxylic acids is 1. The van der Waals surface area contributed by atoms with Crippen LogP contribution in [0.15, 0.2) is 17.0 Å². The summed E-state index contributed by atoms with van der Waals surface area (Å²) in [5.74, 6) is 0.239. The smallest absolute Gasteiger partial charge is 0.255 e. The summed E-state index contributed by atoms with van der Waals surface area (Å²) >= 11 is 1.83. The predicted octanol–water partition coefficient (Wildman–Crippen LogP) is 3.66. The standard InChI is InChI=1S/C17H24N2OS.ClH/c1-4-5-12-8-13-14-10-18-6-7-19(14)17(20)16(13)15(9-12)21-11(2)3;/h8-9,11,14,18H,4-7,10H2,1-3H3;1H/t14-;/m0./s1. The summed E-state index contributed by atoms with van der Waals surface area (Å²) in [5, 5.41) is 3.92. The van der Waals surface area contributed by atoms with Crippen molar-refractivity contribution in [3.8, 4) is 0 Å². The molecule has 0 aromatic heterocycles. The monoisotopic (exact) mass is 340 g/mol. The molecule has 3 rings (SSSR count). The first kappa shape index (κ1) is 17.6. The molecule has 2 aliphatic heterocycles. The number of aryl methyl sites for hydroxylation is 1. The lowest BCUT2D eigenvalue weighted by molar-refractivity contribution is 0.0688. The average Bonchev–Trinajstić information content (AvgIpc) is 2.73. The molecule has 2 heterocycles. The van der Waals surface area contributed by atoms with Crippen molar-refractivity contribution in [2.24, 2.45) is 0 Å². The van der Waals surface area contributed by atoms with Crippen LogP contribution in [0.2, 0.25) is 0 Å². The van der Waals surface area contributed by atoms with E-state index in [0.717, 1.165) is 38.0 Å². The molecule has 0 aliphatic carbocycles. The molecule has 0 bridgehead atoms. The molecule has 1 fully saturated rings. The number of halogens is 1. The maximum atomic E-state index is 12.8. The summed E-state index contributed by atoms with van der Waals surface area (Å²) in [6, 6.07) is 4.76. The van der Waals surface area contributed by atoms with Gasteiger partial charge in [0.05, 0.1) is 11.6 Å². The minimum absolute atomic E-state index is 0. The molecular formula is C17H25ClN2OS. The summed E-state index contributed by atoms with van der Waals surface area (Å²) in [5.41, 5.74) is 3.60. The fraction of sp³-hybridized carbons (Fsp3) is 0.588. The molecule has 1 atom stereocenters. The van der Waals surface area contributed by atoms with Gasteiger partial charge in [-0.1, -0.05) is 33.3 Å². The number of benzene rings is 1. The third kappa shape index (κ3) is 3.15. The van der Waals surface area contributed by atoms with Gasteiger partial charge in [-0.15, -0.1) is 24.2 Å². The summed E-state index contributed by atoms with van der Waals surface area (Å²) in [6.07, 6.45) is 2.23. The predicted molar refractivity (Wildman–Crippen MR) is 95.3 cm³/mol. The van der Waals surface area contributed by atoms with E-state index in [9.17, 15) is 4.79 Å². The zero-order chi connectivity index (χ0) is 15.0. The number of hydrogen-bond donors (Lipinski definition) is 1. The zero-order valence-electron chi connectivity index (χ0n) is 13.5. The van der Waals surface area contributed by atoms with Crippen molar-refractivity contribution in [2.45, 2.75) is 49.8 Å². The van der Waals surface area contributed by atoms with Gasteiger partial charge in [-0.3, -0.25) is 4.79 Å². The second-order valence-electron chi connectivity index (χ2n) is 6.19. The van der Waals surface area contributed by atoms with Crippen LogP contribution >= 0.6 is 24.2 Å². The molecule has 2 aliphatic rings. The molecule has 1 N–H and O–H groups in total. The normalized spacial score (nSPS) is 19.9. The molecule has 22 heavy (non-hydrogen) atoms. The SMILES string of the molecule is CCCc1cc(SC(C)C)c2c(c1)[C@@H]1CNCCN1C2=O.Cl. The van der Waals surface area contributed by atoms with E-state index in [0.29, 0.717) is 5.25 Å². The number of thioether (sulfide) groups is 1. The van der Waals surface area contributed by atoms with E-state index >= 15 is 0 Å². The summed E-state index contributed by atoms with van der Waals surface area (Å²) < 4.78 is 0. The molecule has 1 saturated heterocycles. The van der Waals surface area contributed by atoms with Crippen LogP contribution in [-0.4, -0.2) is 35.7 Å². The van der Waals surface area contributed by atoms with Crippen molar-refractivity contribution in [2.75, 3.05) is 19.6 Å². The molecule has 0 unspecified atom stereocenters. The van der Waals surface area contributed by atoms with Crippen LogP contribution in [0.3, 0.4) is 0 Å². The Balaban J connectivity index is 0.00000176. The number of carbonyl (C=O) groups is 1. The minimum Gasteiger partial charge on any atom is -0.329 e. The van der Waals surface area contributed by atoms with Crippen molar-refractivity contribution in [3.63, 3.8) is 0 Å². The fourth-order valence-corrected chi connectivity index (χ4v) is 4.39. The number of amides is 1. The van der Waals surface area contributed by atoms with Crippen molar-refractivity contribution < 1.29 is 4.79 Å². The largest absolute Gasteiger partial charge is 0.329 e. The first-order valence-electron chi connectivity index (χ1n) is 7.97. The quantitative estimate of drug-likeness (QED) is 0.849. The molecule has 1 amide bonds. The van der Waals surface area contributed by atoms with Crippen LogP contribution in [-0.2, 0) is 6.42 Å². The van der Waals surface area contributed by atoms with Crippen LogP contribution in [0, 0.1) is 0 Å². The molecule has 0 radical (unpaired) electrons. The van der Waals surface area contributed by atoms with E-state index < -0.39 is 0 Å².